The van der Waals surface area contributed by atoms with Crippen molar-refractivity contribution < 1.29 is 14.3 Å². The summed E-state index contributed by atoms with van der Waals surface area (Å²) in [4.78, 5) is 24.7. The van der Waals surface area contributed by atoms with Crippen molar-refractivity contribution in [3.05, 3.63) is 0 Å². The number of halogens is 1. The molecule has 4 nitrogen and oxygen atoms in total. The molecule has 1 saturated heterocycles. The minimum Gasteiger partial charge on any atom is -0.461 e. The summed E-state index contributed by atoms with van der Waals surface area (Å²) < 4.78 is 5.11. The molecule has 0 radical (unpaired) electrons. The summed E-state index contributed by atoms with van der Waals surface area (Å²) in [6.07, 6.45) is 1.46. The lowest BCUT2D eigenvalue weighted by atomic mass is 10.2. The maximum Gasteiger partial charge on any atom is 0.329 e. The van der Waals surface area contributed by atoms with E-state index in [9.17, 15) is 9.59 Å². The molecule has 0 unspecified atom stereocenters. The molecule has 1 amide bonds. The third-order valence-corrected chi connectivity index (χ3v) is 2.79. The van der Waals surface area contributed by atoms with Gasteiger partial charge in [-0.25, -0.2) is 4.79 Å². The van der Waals surface area contributed by atoms with E-state index in [1.807, 2.05) is 13.8 Å². The summed E-state index contributed by atoms with van der Waals surface area (Å²) in [6, 6.07) is -0.377. The monoisotopic (exact) mass is 277 g/mol. The Labute approximate surface area is 98.1 Å². The Bertz CT molecular complexity index is 255. The highest BCUT2D eigenvalue weighted by Crippen LogP contribution is 2.19. The van der Waals surface area contributed by atoms with Gasteiger partial charge in [-0.3, -0.25) is 4.79 Å². The molecule has 0 bridgehead atoms. The average Bonchev–Trinajstić information content (AvgIpc) is 2.63. The van der Waals surface area contributed by atoms with Gasteiger partial charge in [0.25, 0.3) is 0 Å². The van der Waals surface area contributed by atoms with Gasteiger partial charge in [0.2, 0.25) is 5.91 Å². The van der Waals surface area contributed by atoms with E-state index in [0.29, 0.717) is 13.0 Å². The smallest absolute Gasteiger partial charge is 0.329 e. The zero-order chi connectivity index (χ0) is 11.4. The highest BCUT2D eigenvalue weighted by atomic mass is 79.9. The molecule has 1 aliphatic rings. The van der Waals surface area contributed by atoms with Crippen LogP contribution in [0.2, 0.25) is 0 Å². The Morgan fingerprint density at radius 3 is 2.73 bits per heavy atom. The van der Waals surface area contributed by atoms with Crippen LogP contribution in [0.5, 0.6) is 0 Å². The number of likely N-dealkylation sites (tertiary alicyclic amines) is 1. The third kappa shape index (κ3) is 3.19. The quantitative estimate of drug-likeness (QED) is 0.578. The highest BCUT2D eigenvalue weighted by molar-refractivity contribution is 9.09. The average molecular weight is 278 g/mol. The summed E-state index contributed by atoms with van der Waals surface area (Å²) in [6.45, 7) is 4.27. The van der Waals surface area contributed by atoms with E-state index in [0.717, 1.165) is 6.42 Å². The first-order chi connectivity index (χ1) is 7.06. The normalized spacial score (nSPS) is 20.8. The highest BCUT2D eigenvalue weighted by Gasteiger charge is 2.34. The number of esters is 1. The van der Waals surface area contributed by atoms with E-state index < -0.39 is 0 Å². The molecule has 1 heterocycles. The molecular weight excluding hydrogens is 262 g/mol. The molecule has 0 saturated carbocycles. The second-order valence-electron chi connectivity index (χ2n) is 3.86. The number of alkyl halides is 1. The van der Waals surface area contributed by atoms with Gasteiger partial charge in [0.15, 0.2) is 0 Å². The number of amides is 1. The number of rotatable bonds is 3. The SMILES string of the molecule is CC(C)OC(=O)[C@@H]1CCCN1C(=O)CBr. The minimum atomic E-state index is -0.377. The van der Waals surface area contributed by atoms with Crippen molar-refractivity contribution in [3.8, 4) is 0 Å². The van der Waals surface area contributed by atoms with Crippen LogP contribution >= 0.6 is 15.9 Å². The number of carbonyl (C=O) groups excluding carboxylic acids is 2. The van der Waals surface area contributed by atoms with E-state index in [2.05, 4.69) is 15.9 Å². The van der Waals surface area contributed by atoms with Crippen LogP contribution in [0.25, 0.3) is 0 Å². The van der Waals surface area contributed by atoms with Crippen molar-refractivity contribution >= 4 is 27.8 Å². The van der Waals surface area contributed by atoms with Crippen molar-refractivity contribution in [2.45, 2.75) is 38.8 Å². The topological polar surface area (TPSA) is 46.6 Å². The van der Waals surface area contributed by atoms with E-state index >= 15 is 0 Å². The molecule has 1 aliphatic heterocycles. The fourth-order valence-electron chi connectivity index (χ4n) is 1.70. The Balaban J connectivity index is 2.60. The molecule has 86 valence electrons. The van der Waals surface area contributed by atoms with Crippen LogP contribution in [0.4, 0.5) is 0 Å². The molecule has 0 aliphatic carbocycles. The fourth-order valence-corrected chi connectivity index (χ4v) is 2.02. The van der Waals surface area contributed by atoms with Crippen molar-refractivity contribution in [1.29, 1.82) is 0 Å². The molecule has 1 atom stereocenters. The van der Waals surface area contributed by atoms with Crippen LogP contribution < -0.4 is 0 Å². The standard InChI is InChI=1S/C10H16BrNO3/c1-7(2)15-10(14)8-4-3-5-12(8)9(13)6-11/h7-8H,3-6H2,1-2H3/t8-/m0/s1. The molecule has 0 spiro atoms. The molecule has 1 rings (SSSR count). The predicted molar refractivity (Wildman–Crippen MR) is 59.8 cm³/mol. The van der Waals surface area contributed by atoms with Gasteiger partial charge in [0, 0.05) is 6.54 Å². The molecule has 0 N–H and O–H groups in total. The maximum atomic E-state index is 11.7. The van der Waals surface area contributed by atoms with E-state index in [-0.39, 0.29) is 29.4 Å². The first kappa shape index (κ1) is 12.5. The van der Waals surface area contributed by atoms with Gasteiger partial charge in [-0.2, -0.15) is 0 Å². The van der Waals surface area contributed by atoms with Crippen LogP contribution in [0.15, 0.2) is 0 Å². The predicted octanol–water partition coefficient (Wildman–Crippen LogP) is 1.32. The van der Waals surface area contributed by atoms with Gasteiger partial charge in [-0.15, -0.1) is 0 Å². The molecule has 1 fully saturated rings. The lowest BCUT2D eigenvalue weighted by Gasteiger charge is -2.23. The Kier molecular flexibility index (Phi) is 4.57. The van der Waals surface area contributed by atoms with Crippen molar-refractivity contribution in [2.24, 2.45) is 0 Å². The zero-order valence-electron chi connectivity index (χ0n) is 9.03. The maximum absolute atomic E-state index is 11.7. The van der Waals surface area contributed by atoms with Gasteiger partial charge in [0.05, 0.1) is 11.4 Å². The zero-order valence-corrected chi connectivity index (χ0v) is 10.6. The van der Waals surface area contributed by atoms with Gasteiger partial charge in [0.1, 0.15) is 6.04 Å². The molecule has 15 heavy (non-hydrogen) atoms. The summed E-state index contributed by atoms with van der Waals surface area (Å²) in [7, 11) is 0. The fraction of sp³-hybridized carbons (Fsp3) is 0.800. The van der Waals surface area contributed by atoms with Crippen molar-refractivity contribution in [3.63, 3.8) is 0 Å². The summed E-state index contributed by atoms with van der Waals surface area (Å²) in [5.41, 5.74) is 0. The van der Waals surface area contributed by atoms with Gasteiger partial charge in [-0.05, 0) is 26.7 Å². The summed E-state index contributed by atoms with van der Waals surface area (Å²) in [5, 5.41) is 0.262. The summed E-state index contributed by atoms with van der Waals surface area (Å²) in [5.74, 6) is -0.324. The lowest BCUT2D eigenvalue weighted by molar-refractivity contribution is -0.156. The van der Waals surface area contributed by atoms with Crippen molar-refractivity contribution in [1.82, 2.24) is 4.90 Å². The first-order valence-electron chi connectivity index (χ1n) is 5.12. The number of hydrogen-bond donors (Lipinski definition) is 0. The van der Waals surface area contributed by atoms with Crippen LogP contribution in [-0.4, -0.2) is 40.8 Å². The Hall–Kier alpha value is -0.580. The van der Waals surface area contributed by atoms with E-state index in [1.54, 1.807) is 4.90 Å². The van der Waals surface area contributed by atoms with Gasteiger partial charge >= 0.3 is 5.97 Å². The lowest BCUT2D eigenvalue weighted by Crippen LogP contribution is -2.42. The third-order valence-electron chi connectivity index (χ3n) is 2.31. The van der Waals surface area contributed by atoms with Crippen LogP contribution in [-0.2, 0) is 14.3 Å². The number of carbonyl (C=O) groups is 2. The Morgan fingerprint density at radius 2 is 2.20 bits per heavy atom. The molecule has 5 heteroatoms. The van der Waals surface area contributed by atoms with Gasteiger partial charge < -0.3 is 9.64 Å². The Morgan fingerprint density at radius 1 is 1.53 bits per heavy atom. The largest absolute Gasteiger partial charge is 0.461 e. The van der Waals surface area contributed by atoms with Gasteiger partial charge in [-0.1, -0.05) is 15.9 Å². The molecule has 0 aromatic carbocycles. The second kappa shape index (κ2) is 5.49. The summed E-state index contributed by atoms with van der Waals surface area (Å²) >= 11 is 3.11. The first-order valence-corrected chi connectivity index (χ1v) is 6.24. The number of hydrogen-bond acceptors (Lipinski definition) is 3. The second-order valence-corrected chi connectivity index (χ2v) is 4.43. The van der Waals surface area contributed by atoms with Crippen LogP contribution in [0.3, 0.4) is 0 Å². The van der Waals surface area contributed by atoms with Crippen molar-refractivity contribution in [2.75, 3.05) is 11.9 Å². The number of nitrogens with zero attached hydrogens (tertiary/aromatic N) is 1. The number of ether oxygens (including phenoxy) is 1. The van der Waals surface area contributed by atoms with E-state index in [1.165, 1.54) is 0 Å². The minimum absolute atomic E-state index is 0.0433. The van der Waals surface area contributed by atoms with E-state index in [4.69, 9.17) is 4.74 Å². The molecular formula is C10H16BrNO3. The van der Waals surface area contributed by atoms with Crippen LogP contribution in [0, 0.1) is 0 Å². The van der Waals surface area contributed by atoms with Crippen LogP contribution in [0.1, 0.15) is 26.7 Å². The molecule has 0 aromatic rings. The molecule has 0 aromatic heterocycles.